The second-order valence-electron chi connectivity index (χ2n) is 3.21. The Kier molecular flexibility index (Phi) is 6.52. The first-order chi connectivity index (χ1) is 5.20. The molecule has 0 aromatic rings. The Labute approximate surface area is 69.5 Å². The van der Waals surface area contributed by atoms with Crippen molar-refractivity contribution >= 4 is 0 Å². The molecular weight excluding hydrogens is 141 g/mol. The van der Waals surface area contributed by atoms with E-state index < -0.39 is 0 Å². The third-order valence-electron chi connectivity index (χ3n) is 2.03. The summed E-state index contributed by atoms with van der Waals surface area (Å²) in [6, 6.07) is 0. The average Bonchev–Trinajstić information content (AvgIpc) is 2.01. The zero-order valence-corrected chi connectivity index (χ0v) is 7.94. The monoisotopic (exact) mass is 161 g/mol. The van der Waals surface area contributed by atoms with Gasteiger partial charge in [0.15, 0.2) is 0 Å². The van der Waals surface area contributed by atoms with Gasteiger partial charge in [-0.3, -0.25) is 0 Å². The molecule has 0 bridgehead atoms. The maximum Gasteiger partial charge on any atom is 0.0293 e. The lowest BCUT2D eigenvalue weighted by Gasteiger charge is -2.13. The molecule has 11 heavy (non-hydrogen) atoms. The van der Waals surface area contributed by atoms with Crippen molar-refractivity contribution in [2.75, 3.05) is 13.1 Å². The van der Waals surface area contributed by atoms with Crippen LogP contribution in [0.4, 0.5) is 4.48 Å². The molecule has 0 N–H and O–H groups in total. The summed E-state index contributed by atoms with van der Waals surface area (Å²) < 4.78 is 12.7. The van der Waals surface area contributed by atoms with Gasteiger partial charge in [0.05, 0.1) is 0 Å². The normalized spacial score (nSPS) is 13.9. The zero-order chi connectivity index (χ0) is 8.69. The highest BCUT2D eigenvalue weighted by Crippen LogP contribution is 2.07. The number of hydrogen-bond donors (Lipinski definition) is 0. The molecule has 0 aromatic heterocycles. The molecule has 0 aliphatic carbocycles. The zero-order valence-electron chi connectivity index (χ0n) is 7.94. The Morgan fingerprint density at radius 2 is 1.91 bits per heavy atom. The van der Waals surface area contributed by atoms with Crippen LogP contribution >= 0.6 is 0 Å². The Morgan fingerprint density at radius 1 is 1.27 bits per heavy atom. The molecule has 0 saturated carbocycles. The van der Waals surface area contributed by atoms with Crippen LogP contribution in [0, 0.1) is 5.92 Å². The molecule has 1 unspecified atom stereocenters. The first-order valence-electron chi connectivity index (χ1n) is 4.61. The molecule has 0 aliphatic rings. The molecule has 0 heterocycles. The SMILES string of the molecule is CCCN(F)CCC(C)CC. The van der Waals surface area contributed by atoms with Crippen LogP contribution in [0.1, 0.15) is 40.0 Å². The summed E-state index contributed by atoms with van der Waals surface area (Å²) in [4.78, 5) is 0. The average molecular weight is 161 g/mol. The molecule has 0 fully saturated rings. The van der Waals surface area contributed by atoms with Gasteiger partial charge in [-0.05, 0) is 18.8 Å². The van der Waals surface area contributed by atoms with Gasteiger partial charge in [-0.2, -0.15) is 0 Å². The predicted octanol–water partition coefficient (Wildman–Crippen LogP) is 3.02. The van der Waals surface area contributed by atoms with Crippen molar-refractivity contribution in [1.29, 1.82) is 0 Å². The summed E-state index contributed by atoms with van der Waals surface area (Å²) in [7, 11) is 0. The number of halogens is 1. The molecule has 0 saturated heterocycles. The van der Waals surface area contributed by atoms with Gasteiger partial charge >= 0.3 is 0 Å². The van der Waals surface area contributed by atoms with Crippen LogP contribution in [0.25, 0.3) is 0 Å². The molecule has 2 heteroatoms. The third-order valence-corrected chi connectivity index (χ3v) is 2.03. The highest BCUT2D eigenvalue weighted by molar-refractivity contribution is 4.52. The lowest BCUT2D eigenvalue weighted by molar-refractivity contribution is 0.0202. The number of nitrogens with zero attached hydrogens (tertiary/aromatic N) is 1. The second-order valence-corrected chi connectivity index (χ2v) is 3.21. The van der Waals surface area contributed by atoms with Crippen molar-refractivity contribution in [3.8, 4) is 0 Å². The van der Waals surface area contributed by atoms with Gasteiger partial charge < -0.3 is 0 Å². The van der Waals surface area contributed by atoms with Gasteiger partial charge in [0.1, 0.15) is 0 Å². The van der Waals surface area contributed by atoms with Gasteiger partial charge in [-0.25, -0.2) is 0 Å². The lowest BCUT2D eigenvalue weighted by atomic mass is 10.1. The van der Waals surface area contributed by atoms with E-state index in [1.165, 1.54) is 0 Å². The summed E-state index contributed by atoms with van der Waals surface area (Å²) in [5.41, 5.74) is 0. The van der Waals surface area contributed by atoms with Crippen LogP contribution in [0.3, 0.4) is 0 Å². The van der Waals surface area contributed by atoms with Crippen LogP contribution < -0.4 is 0 Å². The third kappa shape index (κ3) is 6.29. The highest BCUT2D eigenvalue weighted by atomic mass is 19.2. The molecule has 1 atom stereocenters. The van der Waals surface area contributed by atoms with E-state index in [1.54, 1.807) is 0 Å². The molecular formula is C9H20FN. The highest BCUT2D eigenvalue weighted by Gasteiger charge is 2.03. The van der Waals surface area contributed by atoms with Crippen LogP contribution in [-0.2, 0) is 0 Å². The van der Waals surface area contributed by atoms with E-state index in [9.17, 15) is 4.48 Å². The van der Waals surface area contributed by atoms with Crippen LogP contribution in [0.15, 0.2) is 0 Å². The van der Waals surface area contributed by atoms with Gasteiger partial charge in [0.25, 0.3) is 0 Å². The first kappa shape index (κ1) is 10.9. The van der Waals surface area contributed by atoms with Crippen molar-refractivity contribution in [3.05, 3.63) is 0 Å². The smallest absolute Gasteiger partial charge is 0.0293 e. The summed E-state index contributed by atoms with van der Waals surface area (Å²) in [6.45, 7) is 7.49. The summed E-state index contributed by atoms with van der Waals surface area (Å²) >= 11 is 0. The fourth-order valence-electron chi connectivity index (χ4n) is 0.919. The molecule has 0 radical (unpaired) electrons. The molecule has 0 aromatic carbocycles. The largest absolute Gasteiger partial charge is 0.146 e. The molecule has 0 aliphatic heterocycles. The van der Waals surface area contributed by atoms with Crippen molar-refractivity contribution in [1.82, 2.24) is 5.12 Å². The maximum atomic E-state index is 12.7. The quantitative estimate of drug-likeness (QED) is 0.541. The molecule has 0 amide bonds. The van der Waals surface area contributed by atoms with Crippen LogP contribution in [-0.4, -0.2) is 18.2 Å². The number of hydrogen-bond acceptors (Lipinski definition) is 1. The Morgan fingerprint density at radius 3 is 2.36 bits per heavy atom. The second kappa shape index (κ2) is 6.59. The van der Waals surface area contributed by atoms with Gasteiger partial charge in [0.2, 0.25) is 0 Å². The maximum absolute atomic E-state index is 12.7. The fourth-order valence-corrected chi connectivity index (χ4v) is 0.919. The molecule has 0 spiro atoms. The Bertz CT molecular complexity index is 85.6. The minimum atomic E-state index is 0.580. The van der Waals surface area contributed by atoms with E-state index in [0.29, 0.717) is 19.0 Å². The van der Waals surface area contributed by atoms with Crippen LogP contribution in [0.2, 0.25) is 0 Å². The van der Waals surface area contributed by atoms with E-state index in [2.05, 4.69) is 13.8 Å². The molecule has 1 nitrogen and oxygen atoms in total. The Hall–Kier alpha value is -0.110. The number of rotatable bonds is 6. The van der Waals surface area contributed by atoms with Crippen molar-refractivity contribution in [3.63, 3.8) is 0 Å². The van der Waals surface area contributed by atoms with Crippen molar-refractivity contribution in [2.24, 2.45) is 5.92 Å². The van der Waals surface area contributed by atoms with E-state index in [1.807, 2.05) is 6.92 Å². The molecule has 68 valence electrons. The van der Waals surface area contributed by atoms with E-state index >= 15 is 0 Å². The van der Waals surface area contributed by atoms with Crippen LogP contribution in [0.5, 0.6) is 0 Å². The predicted molar refractivity (Wildman–Crippen MR) is 47.0 cm³/mol. The first-order valence-corrected chi connectivity index (χ1v) is 4.61. The fraction of sp³-hybridized carbons (Fsp3) is 1.00. The van der Waals surface area contributed by atoms with Crippen molar-refractivity contribution in [2.45, 2.75) is 40.0 Å². The summed E-state index contributed by atoms with van der Waals surface area (Å²) in [5.74, 6) is 0.658. The van der Waals surface area contributed by atoms with Gasteiger partial charge in [0, 0.05) is 13.1 Å². The minimum absolute atomic E-state index is 0.580. The van der Waals surface area contributed by atoms with Crippen molar-refractivity contribution < 1.29 is 4.48 Å². The summed E-state index contributed by atoms with van der Waals surface area (Å²) in [5, 5.41) is 0.923. The van der Waals surface area contributed by atoms with Gasteiger partial charge in [-0.1, -0.05) is 27.2 Å². The lowest BCUT2D eigenvalue weighted by Crippen LogP contribution is -2.17. The van der Waals surface area contributed by atoms with E-state index in [0.717, 1.165) is 24.4 Å². The van der Waals surface area contributed by atoms with Gasteiger partial charge in [-0.15, -0.1) is 9.60 Å². The Balaban J connectivity index is 3.22. The molecule has 0 rings (SSSR count). The van der Waals surface area contributed by atoms with E-state index in [-0.39, 0.29) is 0 Å². The minimum Gasteiger partial charge on any atom is -0.146 e. The van der Waals surface area contributed by atoms with E-state index in [4.69, 9.17) is 0 Å². The standard InChI is InChI=1S/C9H20FN/c1-4-7-11(10)8-6-9(3)5-2/h9H,4-8H2,1-3H3. The topological polar surface area (TPSA) is 3.24 Å². The summed E-state index contributed by atoms with van der Waals surface area (Å²) in [6.07, 6.45) is 3.03.